The van der Waals surface area contributed by atoms with Crippen molar-refractivity contribution in [2.75, 3.05) is 27.2 Å². The summed E-state index contributed by atoms with van der Waals surface area (Å²) in [5, 5.41) is 8.49. The predicted octanol–water partition coefficient (Wildman–Crippen LogP) is 1.60. The molecule has 0 unspecified atom stereocenters. The van der Waals surface area contributed by atoms with E-state index in [1.165, 1.54) is 15.8 Å². The maximum Gasteiger partial charge on any atom is 0.316 e. The quantitative estimate of drug-likeness (QED) is 0.813. The first-order valence-corrected chi connectivity index (χ1v) is 6.66. The van der Waals surface area contributed by atoms with E-state index in [-0.39, 0.29) is 6.03 Å². The van der Waals surface area contributed by atoms with Crippen LogP contribution in [0, 0.1) is 0 Å². The Morgan fingerprint density at radius 1 is 1.20 bits per heavy atom. The van der Waals surface area contributed by atoms with Gasteiger partial charge in [-0.05, 0) is 10.9 Å². The standard InChI is InChI=1S/C15H20N4O/c1-19(2)15(20)18-8-7-16-10-13-11-17-9-12-5-3-4-6-14(12)13/h3-6,9,11,16H,7-8,10H2,1-2H3,(H,18,20). The number of nitrogens with one attached hydrogen (secondary N) is 2. The molecule has 20 heavy (non-hydrogen) atoms. The summed E-state index contributed by atoms with van der Waals surface area (Å²) in [4.78, 5) is 17.1. The molecule has 1 aromatic heterocycles. The number of aromatic nitrogens is 1. The van der Waals surface area contributed by atoms with E-state index in [4.69, 9.17) is 0 Å². The van der Waals surface area contributed by atoms with Gasteiger partial charge in [-0.25, -0.2) is 4.79 Å². The summed E-state index contributed by atoms with van der Waals surface area (Å²) >= 11 is 0. The monoisotopic (exact) mass is 272 g/mol. The number of hydrogen-bond acceptors (Lipinski definition) is 3. The number of carbonyl (C=O) groups is 1. The van der Waals surface area contributed by atoms with E-state index in [9.17, 15) is 4.79 Å². The lowest BCUT2D eigenvalue weighted by Crippen LogP contribution is -2.38. The molecule has 0 aliphatic heterocycles. The molecular formula is C15H20N4O. The highest BCUT2D eigenvalue weighted by Crippen LogP contribution is 2.16. The van der Waals surface area contributed by atoms with Gasteiger partial charge in [0.1, 0.15) is 0 Å². The van der Waals surface area contributed by atoms with Crippen molar-refractivity contribution >= 4 is 16.8 Å². The van der Waals surface area contributed by atoms with Crippen molar-refractivity contribution in [3.63, 3.8) is 0 Å². The Bertz CT molecular complexity index is 578. The molecule has 2 N–H and O–H groups in total. The minimum Gasteiger partial charge on any atom is -0.337 e. The lowest BCUT2D eigenvalue weighted by atomic mass is 10.1. The fourth-order valence-electron chi connectivity index (χ4n) is 1.96. The lowest BCUT2D eigenvalue weighted by molar-refractivity contribution is 0.217. The van der Waals surface area contributed by atoms with Crippen LogP contribution in [0.4, 0.5) is 4.79 Å². The van der Waals surface area contributed by atoms with E-state index in [1.807, 2.05) is 24.5 Å². The molecule has 2 aromatic rings. The molecule has 0 spiro atoms. The number of amides is 2. The number of benzene rings is 1. The molecule has 1 heterocycles. The van der Waals surface area contributed by atoms with Gasteiger partial charge in [-0.1, -0.05) is 24.3 Å². The average Bonchev–Trinajstić information content (AvgIpc) is 2.46. The van der Waals surface area contributed by atoms with E-state index in [0.29, 0.717) is 6.54 Å². The summed E-state index contributed by atoms with van der Waals surface area (Å²) in [6, 6.07) is 8.13. The van der Waals surface area contributed by atoms with E-state index < -0.39 is 0 Å². The molecule has 0 saturated carbocycles. The van der Waals surface area contributed by atoms with Gasteiger partial charge in [0.25, 0.3) is 0 Å². The number of carbonyl (C=O) groups excluding carboxylic acids is 1. The number of hydrogen-bond donors (Lipinski definition) is 2. The Morgan fingerprint density at radius 3 is 2.80 bits per heavy atom. The zero-order chi connectivity index (χ0) is 14.4. The van der Waals surface area contributed by atoms with E-state index in [1.54, 1.807) is 14.1 Å². The lowest BCUT2D eigenvalue weighted by Gasteiger charge is -2.12. The van der Waals surface area contributed by atoms with Gasteiger partial charge in [-0.2, -0.15) is 0 Å². The smallest absolute Gasteiger partial charge is 0.316 e. The van der Waals surface area contributed by atoms with Crippen LogP contribution in [-0.4, -0.2) is 43.1 Å². The van der Waals surface area contributed by atoms with Crippen molar-refractivity contribution in [3.8, 4) is 0 Å². The van der Waals surface area contributed by atoms with Gasteiger partial charge in [0, 0.05) is 51.5 Å². The molecule has 0 saturated heterocycles. The van der Waals surface area contributed by atoms with Gasteiger partial charge in [-0.15, -0.1) is 0 Å². The van der Waals surface area contributed by atoms with E-state index >= 15 is 0 Å². The first-order chi connectivity index (χ1) is 9.68. The van der Waals surface area contributed by atoms with Crippen LogP contribution in [0.3, 0.4) is 0 Å². The van der Waals surface area contributed by atoms with E-state index in [2.05, 4.69) is 27.8 Å². The average molecular weight is 272 g/mol. The molecule has 0 bridgehead atoms. The zero-order valence-corrected chi connectivity index (χ0v) is 11.9. The van der Waals surface area contributed by atoms with Crippen LogP contribution in [0.15, 0.2) is 36.7 Å². The molecular weight excluding hydrogens is 252 g/mol. The maximum absolute atomic E-state index is 11.3. The number of urea groups is 1. The van der Waals surface area contributed by atoms with E-state index in [0.717, 1.165) is 18.5 Å². The fourth-order valence-corrected chi connectivity index (χ4v) is 1.96. The minimum atomic E-state index is -0.0707. The first-order valence-electron chi connectivity index (χ1n) is 6.66. The summed E-state index contributed by atoms with van der Waals surface area (Å²) in [5.41, 5.74) is 1.17. The van der Waals surface area contributed by atoms with Gasteiger partial charge in [0.2, 0.25) is 0 Å². The normalized spacial score (nSPS) is 10.5. The molecule has 0 aliphatic rings. The van der Waals surface area contributed by atoms with Crippen LogP contribution >= 0.6 is 0 Å². The van der Waals surface area contributed by atoms with Crippen molar-refractivity contribution in [2.45, 2.75) is 6.54 Å². The summed E-state index contributed by atoms with van der Waals surface area (Å²) in [5.74, 6) is 0. The van der Waals surface area contributed by atoms with Gasteiger partial charge in [0.05, 0.1) is 0 Å². The third-order valence-electron chi connectivity index (χ3n) is 3.05. The van der Waals surface area contributed by atoms with Crippen LogP contribution in [-0.2, 0) is 6.54 Å². The zero-order valence-electron chi connectivity index (χ0n) is 11.9. The Kier molecular flexibility index (Phi) is 4.90. The second-order valence-electron chi connectivity index (χ2n) is 4.82. The number of pyridine rings is 1. The molecule has 0 fully saturated rings. The number of rotatable bonds is 5. The summed E-state index contributed by atoms with van der Waals surface area (Å²) in [6.45, 7) is 2.07. The second kappa shape index (κ2) is 6.86. The Hall–Kier alpha value is -2.14. The molecule has 1 aromatic carbocycles. The minimum absolute atomic E-state index is 0.0707. The largest absolute Gasteiger partial charge is 0.337 e. The third-order valence-corrected chi connectivity index (χ3v) is 3.05. The molecule has 0 aliphatic carbocycles. The summed E-state index contributed by atoms with van der Waals surface area (Å²) < 4.78 is 0. The third kappa shape index (κ3) is 3.68. The first kappa shape index (κ1) is 14.3. The maximum atomic E-state index is 11.3. The van der Waals surface area contributed by atoms with Crippen LogP contribution in [0.2, 0.25) is 0 Å². The van der Waals surface area contributed by atoms with Crippen LogP contribution in [0.25, 0.3) is 10.8 Å². The molecule has 2 rings (SSSR count). The van der Waals surface area contributed by atoms with Crippen LogP contribution in [0.1, 0.15) is 5.56 Å². The Morgan fingerprint density at radius 2 is 2.00 bits per heavy atom. The SMILES string of the molecule is CN(C)C(=O)NCCNCc1cncc2ccccc12. The van der Waals surface area contributed by atoms with Gasteiger partial charge in [0.15, 0.2) is 0 Å². The highest BCUT2D eigenvalue weighted by Gasteiger charge is 2.02. The van der Waals surface area contributed by atoms with Crippen molar-refractivity contribution in [1.82, 2.24) is 20.5 Å². The molecule has 0 radical (unpaired) electrons. The van der Waals surface area contributed by atoms with Gasteiger partial charge >= 0.3 is 6.03 Å². The molecule has 2 amide bonds. The number of fused-ring (bicyclic) bond motifs is 1. The Labute approximate surface area is 119 Å². The van der Waals surface area contributed by atoms with Crippen LogP contribution in [0.5, 0.6) is 0 Å². The van der Waals surface area contributed by atoms with Crippen molar-refractivity contribution in [3.05, 3.63) is 42.2 Å². The predicted molar refractivity (Wildman–Crippen MR) is 80.5 cm³/mol. The summed E-state index contributed by atoms with van der Waals surface area (Å²) in [6.07, 6.45) is 3.75. The highest BCUT2D eigenvalue weighted by molar-refractivity contribution is 5.84. The topological polar surface area (TPSA) is 57.3 Å². The molecule has 106 valence electrons. The Balaban J connectivity index is 1.83. The summed E-state index contributed by atoms with van der Waals surface area (Å²) in [7, 11) is 3.45. The van der Waals surface area contributed by atoms with Crippen molar-refractivity contribution in [2.24, 2.45) is 0 Å². The van der Waals surface area contributed by atoms with Crippen molar-refractivity contribution in [1.29, 1.82) is 0 Å². The van der Waals surface area contributed by atoms with Crippen molar-refractivity contribution < 1.29 is 4.79 Å². The molecule has 0 atom stereocenters. The van der Waals surface area contributed by atoms with Crippen LogP contribution < -0.4 is 10.6 Å². The number of nitrogens with zero attached hydrogens (tertiary/aromatic N) is 2. The van der Waals surface area contributed by atoms with Gasteiger partial charge < -0.3 is 15.5 Å². The molecule has 5 nitrogen and oxygen atoms in total. The highest BCUT2D eigenvalue weighted by atomic mass is 16.2. The molecule has 5 heteroatoms. The van der Waals surface area contributed by atoms with Gasteiger partial charge in [-0.3, -0.25) is 4.98 Å². The fraction of sp³-hybridized carbons (Fsp3) is 0.333. The second-order valence-corrected chi connectivity index (χ2v) is 4.82.